The summed E-state index contributed by atoms with van der Waals surface area (Å²) in [6.07, 6.45) is 4.88. The maximum atomic E-state index is 10.0. The molecule has 0 amide bonds. The summed E-state index contributed by atoms with van der Waals surface area (Å²) < 4.78 is 4.30. The second-order valence-corrected chi connectivity index (χ2v) is 9.69. The zero-order valence-corrected chi connectivity index (χ0v) is 20.2. The minimum absolute atomic E-state index is 0.180. The van der Waals surface area contributed by atoms with Gasteiger partial charge in [0.05, 0.1) is 23.5 Å². The zero-order chi connectivity index (χ0) is 24.5. The van der Waals surface area contributed by atoms with Gasteiger partial charge in [-0.3, -0.25) is 5.41 Å². The molecule has 0 atom stereocenters. The molecule has 180 valence electrons. The first kappa shape index (κ1) is 22.5. The molecule has 5 nitrogen and oxygen atoms in total. The Hall–Kier alpha value is -3.96. The normalized spacial score (nSPS) is 17.9. The summed E-state index contributed by atoms with van der Waals surface area (Å²) in [5.41, 5.74) is 6.83. The monoisotopic (exact) mass is 474 g/mol. The summed E-state index contributed by atoms with van der Waals surface area (Å²) in [4.78, 5) is 5.01. The van der Waals surface area contributed by atoms with Crippen molar-refractivity contribution in [3.05, 3.63) is 108 Å². The van der Waals surface area contributed by atoms with Gasteiger partial charge in [-0.15, -0.1) is 0 Å². The Morgan fingerprint density at radius 1 is 0.778 bits per heavy atom. The number of aliphatic hydroxyl groups is 1. The minimum Gasteiger partial charge on any atom is -0.393 e. The third-order valence-corrected chi connectivity index (χ3v) is 7.39. The molecule has 0 saturated heterocycles. The molecule has 5 aromatic rings. The number of nitrogens with one attached hydrogen (secondary N) is 1. The first-order valence-corrected chi connectivity index (χ1v) is 12.7. The Morgan fingerprint density at radius 2 is 1.36 bits per heavy atom. The van der Waals surface area contributed by atoms with Crippen LogP contribution in [0.1, 0.15) is 37.3 Å². The number of fused-ring (bicyclic) bond motifs is 1. The van der Waals surface area contributed by atoms with Gasteiger partial charge in [-0.1, -0.05) is 91.0 Å². The van der Waals surface area contributed by atoms with E-state index in [4.69, 9.17) is 4.98 Å². The lowest BCUT2D eigenvalue weighted by molar-refractivity contribution is 0.109. The van der Waals surface area contributed by atoms with E-state index in [0.717, 1.165) is 59.1 Å². The summed E-state index contributed by atoms with van der Waals surface area (Å²) in [7, 11) is 0. The van der Waals surface area contributed by atoms with Crippen LogP contribution in [0.5, 0.6) is 0 Å². The number of aromatic nitrogens is 3. The van der Waals surface area contributed by atoms with E-state index in [-0.39, 0.29) is 12.1 Å². The van der Waals surface area contributed by atoms with Crippen LogP contribution in [0.2, 0.25) is 0 Å². The van der Waals surface area contributed by atoms with Crippen molar-refractivity contribution in [1.29, 1.82) is 5.41 Å². The van der Waals surface area contributed by atoms with E-state index in [1.807, 2.05) is 29.1 Å². The summed E-state index contributed by atoms with van der Waals surface area (Å²) in [6.45, 7) is 0.667. The van der Waals surface area contributed by atoms with E-state index in [0.29, 0.717) is 12.0 Å². The maximum Gasteiger partial charge on any atom is 0.146 e. The van der Waals surface area contributed by atoms with Crippen LogP contribution in [-0.2, 0) is 6.54 Å². The van der Waals surface area contributed by atoms with Crippen molar-refractivity contribution in [2.45, 2.75) is 44.4 Å². The van der Waals surface area contributed by atoms with E-state index >= 15 is 0 Å². The van der Waals surface area contributed by atoms with Crippen LogP contribution in [-0.4, -0.2) is 25.3 Å². The van der Waals surface area contributed by atoms with Gasteiger partial charge in [0, 0.05) is 18.2 Å². The van der Waals surface area contributed by atoms with E-state index in [9.17, 15) is 10.5 Å². The van der Waals surface area contributed by atoms with E-state index < -0.39 is 0 Å². The second kappa shape index (κ2) is 9.59. The van der Waals surface area contributed by atoms with Crippen molar-refractivity contribution in [3.63, 3.8) is 0 Å². The molecule has 1 aliphatic carbocycles. The molecule has 1 fully saturated rings. The molecular formula is C31H30N4O. The molecule has 2 heterocycles. The molecule has 3 aromatic carbocycles. The van der Waals surface area contributed by atoms with Gasteiger partial charge in [0.1, 0.15) is 11.1 Å². The molecule has 5 heteroatoms. The largest absolute Gasteiger partial charge is 0.393 e. The zero-order valence-electron chi connectivity index (χ0n) is 20.2. The maximum absolute atomic E-state index is 10.0. The van der Waals surface area contributed by atoms with Crippen molar-refractivity contribution in [2.75, 3.05) is 0 Å². The predicted molar refractivity (Wildman–Crippen MR) is 144 cm³/mol. The van der Waals surface area contributed by atoms with Crippen molar-refractivity contribution in [2.24, 2.45) is 0 Å². The smallest absolute Gasteiger partial charge is 0.146 e. The molecule has 1 aliphatic rings. The summed E-state index contributed by atoms with van der Waals surface area (Å²) in [6, 6.07) is 31.5. The summed E-state index contributed by atoms with van der Waals surface area (Å²) >= 11 is 0. The molecule has 6 rings (SSSR count). The highest BCUT2D eigenvalue weighted by molar-refractivity contribution is 6.02. The van der Waals surface area contributed by atoms with Crippen molar-refractivity contribution in [3.8, 4) is 22.4 Å². The SMILES string of the molecule is N=c1c2c(-c3ccccc3)c(-c3ccccc3)n(Cc3ccccc3)c2ncn1C1CCC(O)CC1. The fraction of sp³-hybridized carbons (Fsp3) is 0.226. The highest BCUT2D eigenvalue weighted by Gasteiger charge is 2.26. The summed E-state index contributed by atoms with van der Waals surface area (Å²) in [5, 5.41) is 20.3. The van der Waals surface area contributed by atoms with Gasteiger partial charge in [0.25, 0.3) is 0 Å². The lowest BCUT2D eigenvalue weighted by Crippen LogP contribution is -2.29. The van der Waals surface area contributed by atoms with Gasteiger partial charge < -0.3 is 14.2 Å². The molecule has 0 radical (unpaired) electrons. The summed E-state index contributed by atoms with van der Waals surface area (Å²) in [5.74, 6) is 0. The number of hydrogen-bond donors (Lipinski definition) is 2. The number of rotatable bonds is 5. The van der Waals surface area contributed by atoms with Gasteiger partial charge >= 0.3 is 0 Å². The minimum atomic E-state index is -0.232. The Bertz CT molecular complexity index is 1530. The Kier molecular flexibility index (Phi) is 5.99. The van der Waals surface area contributed by atoms with Gasteiger partial charge in [-0.2, -0.15) is 0 Å². The predicted octanol–water partition coefficient (Wildman–Crippen LogP) is 6.18. The third kappa shape index (κ3) is 4.06. The quantitative estimate of drug-likeness (QED) is 0.320. The third-order valence-electron chi connectivity index (χ3n) is 7.39. The topological polar surface area (TPSA) is 66.8 Å². The van der Waals surface area contributed by atoms with Crippen LogP contribution in [0.25, 0.3) is 33.4 Å². The Morgan fingerprint density at radius 3 is 2.00 bits per heavy atom. The standard InChI is InChI=1S/C31H30N4O/c32-30-28-27(23-12-6-2-7-13-23)29(24-14-8-3-9-15-24)34(20-22-10-4-1-5-11-22)31(28)33-21-35(30)25-16-18-26(36)19-17-25/h1-15,21,25-26,32,36H,16-20H2. The van der Waals surface area contributed by atoms with Crippen molar-refractivity contribution >= 4 is 11.0 Å². The van der Waals surface area contributed by atoms with Crippen molar-refractivity contribution < 1.29 is 5.11 Å². The molecule has 0 aliphatic heterocycles. The van der Waals surface area contributed by atoms with Gasteiger partial charge in [-0.05, 0) is 42.4 Å². The Balaban J connectivity index is 1.66. The number of nitrogens with zero attached hydrogens (tertiary/aromatic N) is 3. The first-order valence-electron chi connectivity index (χ1n) is 12.7. The Labute approximate surface area is 210 Å². The second-order valence-electron chi connectivity index (χ2n) is 9.69. The molecular weight excluding hydrogens is 444 g/mol. The highest BCUT2D eigenvalue weighted by Crippen LogP contribution is 2.40. The van der Waals surface area contributed by atoms with Crippen LogP contribution in [0.4, 0.5) is 0 Å². The molecule has 0 unspecified atom stereocenters. The van der Waals surface area contributed by atoms with Gasteiger partial charge in [0.2, 0.25) is 0 Å². The number of benzene rings is 3. The molecule has 1 saturated carbocycles. The van der Waals surface area contributed by atoms with Crippen LogP contribution >= 0.6 is 0 Å². The molecule has 0 spiro atoms. The van der Waals surface area contributed by atoms with E-state index in [2.05, 4.69) is 77.4 Å². The average molecular weight is 475 g/mol. The lowest BCUT2D eigenvalue weighted by Gasteiger charge is -2.27. The lowest BCUT2D eigenvalue weighted by atomic mass is 9.93. The molecule has 0 bridgehead atoms. The number of hydrogen-bond acceptors (Lipinski definition) is 3. The number of aliphatic hydroxyl groups excluding tert-OH is 1. The van der Waals surface area contributed by atoms with Crippen LogP contribution in [0.3, 0.4) is 0 Å². The van der Waals surface area contributed by atoms with Crippen LogP contribution in [0, 0.1) is 5.41 Å². The van der Waals surface area contributed by atoms with Gasteiger partial charge in [-0.25, -0.2) is 4.98 Å². The van der Waals surface area contributed by atoms with Crippen LogP contribution in [0.15, 0.2) is 97.3 Å². The molecule has 36 heavy (non-hydrogen) atoms. The molecule has 2 aromatic heterocycles. The van der Waals surface area contributed by atoms with Crippen LogP contribution < -0.4 is 5.49 Å². The highest BCUT2D eigenvalue weighted by atomic mass is 16.3. The first-order chi connectivity index (χ1) is 17.7. The average Bonchev–Trinajstić information content (AvgIpc) is 3.26. The fourth-order valence-corrected chi connectivity index (χ4v) is 5.58. The van der Waals surface area contributed by atoms with E-state index in [1.165, 1.54) is 5.56 Å². The molecule has 2 N–H and O–H groups in total. The fourth-order valence-electron chi connectivity index (χ4n) is 5.58. The van der Waals surface area contributed by atoms with E-state index in [1.54, 1.807) is 0 Å². The van der Waals surface area contributed by atoms with Gasteiger partial charge in [0.15, 0.2) is 0 Å². The van der Waals surface area contributed by atoms with Crippen molar-refractivity contribution in [1.82, 2.24) is 14.1 Å².